The fourth-order valence-corrected chi connectivity index (χ4v) is 2.56. The quantitative estimate of drug-likeness (QED) is 0.532. The first-order valence-electron chi connectivity index (χ1n) is 6.56. The molecule has 0 spiro atoms. The van der Waals surface area contributed by atoms with Crippen LogP contribution in [0.15, 0.2) is 42.9 Å². The van der Waals surface area contributed by atoms with Crippen LogP contribution in [0.2, 0.25) is 0 Å². The van der Waals surface area contributed by atoms with Crippen molar-refractivity contribution in [3.8, 4) is 16.9 Å². The summed E-state index contributed by atoms with van der Waals surface area (Å²) < 4.78 is 65.9. The molecule has 0 radical (unpaired) electrons. The monoisotopic (exact) mass is 357 g/mol. The lowest BCUT2D eigenvalue weighted by atomic mass is 10.1. The zero-order valence-electron chi connectivity index (χ0n) is 12.1. The summed E-state index contributed by atoms with van der Waals surface area (Å²) in [6.07, 6.45) is 4.76. The number of hydrogen-bond acceptors (Lipinski definition) is 5. The molecule has 0 bridgehead atoms. The van der Waals surface area contributed by atoms with Crippen molar-refractivity contribution >= 4 is 21.0 Å². The molecule has 3 aromatic rings. The van der Waals surface area contributed by atoms with Gasteiger partial charge in [0.1, 0.15) is 0 Å². The third kappa shape index (κ3) is 2.92. The maximum atomic E-state index is 12.5. The second-order valence-electron chi connectivity index (χ2n) is 4.93. The third-order valence-corrected chi connectivity index (χ3v) is 4.17. The van der Waals surface area contributed by atoms with Gasteiger partial charge >= 0.3 is 15.6 Å². The number of aromatic nitrogens is 3. The van der Waals surface area contributed by atoms with Gasteiger partial charge < -0.3 is 4.18 Å². The normalized spacial score (nSPS) is 12.5. The van der Waals surface area contributed by atoms with Crippen molar-refractivity contribution in [2.24, 2.45) is 7.05 Å². The second kappa shape index (κ2) is 5.48. The van der Waals surface area contributed by atoms with Gasteiger partial charge in [0.2, 0.25) is 0 Å². The molecule has 0 aliphatic rings. The summed E-state index contributed by atoms with van der Waals surface area (Å²) in [6.45, 7) is 0. The van der Waals surface area contributed by atoms with Gasteiger partial charge in [-0.3, -0.25) is 9.67 Å². The van der Waals surface area contributed by atoms with Crippen LogP contribution < -0.4 is 4.18 Å². The lowest BCUT2D eigenvalue weighted by Gasteiger charge is -2.11. The number of nitrogens with zero attached hydrogens (tertiary/aromatic N) is 3. The highest BCUT2D eigenvalue weighted by Crippen LogP contribution is 2.33. The highest BCUT2D eigenvalue weighted by Gasteiger charge is 2.48. The Morgan fingerprint density at radius 3 is 2.54 bits per heavy atom. The summed E-state index contributed by atoms with van der Waals surface area (Å²) in [5.41, 5.74) is -3.96. The molecule has 6 nitrogen and oxygen atoms in total. The Morgan fingerprint density at radius 2 is 1.92 bits per heavy atom. The van der Waals surface area contributed by atoms with E-state index in [0.717, 1.165) is 6.07 Å². The summed E-state index contributed by atoms with van der Waals surface area (Å²) in [4.78, 5) is 4.13. The van der Waals surface area contributed by atoms with Gasteiger partial charge in [-0.25, -0.2) is 0 Å². The Kier molecular flexibility index (Phi) is 3.71. The smallest absolute Gasteiger partial charge is 0.375 e. The van der Waals surface area contributed by atoms with Crippen LogP contribution in [0.4, 0.5) is 13.2 Å². The molecule has 0 N–H and O–H groups in total. The molecule has 24 heavy (non-hydrogen) atoms. The highest BCUT2D eigenvalue weighted by molar-refractivity contribution is 7.88. The van der Waals surface area contributed by atoms with Gasteiger partial charge in [-0.15, -0.1) is 0 Å². The molecular formula is C14H10F3N3O3S. The summed E-state index contributed by atoms with van der Waals surface area (Å²) in [7, 11) is -4.05. The summed E-state index contributed by atoms with van der Waals surface area (Å²) >= 11 is 0. The van der Waals surface area contributed by atoms with E-state index in [2.05, 4.69) is 14.3 Å². The van der Waals surface area contributed by atoms with Gasteiger partial charge in [0, 0.05) is 36.0 Å². The van der Waals surface area contributed by atoms with Gasteiger partial charge in [0.15, 0.2) is 5.75 Å². The fourth-order valence-electron chi connectivity index (χ4n) is 2.09. The molecule has 2 aromatic heterocycles. The molecular weight excluding hydrogens is 347 g/mol. The largest absolute Gasteiger partial charge is 0.534 e. The molecule has 0 unspecified atom stereocenters. The van der Waals surface area contributed by atoms with Crippen LogP contribution in [0.5, 0.6) is 5.75 Å². The molecule has 3 rings (SSSR count). The van der Waals surface area contributed by atoms with Crippen molar-refractivity contribution in [1.29, 1.82) is 0 Å². The lowest BCUT2D eigenvalue weighted by molar-refractivity contribution is -0.0499. The first-order valence-corrected chi connectivity index (χ1v) is 7.97. The Bertz CT molecular complexity index is 1010. The second-order valence-corrected chi connectivity index (χ2v) is 6.47. The predicted molar refractivity (Wildman–Crippen MR) is 79.5 cm³/mol. The SMILES string of the molecule is Cn1cc(-c2cnc3cccc(OS(=O)(=O)C(F)(F)F)c3c2)cn1. The van der Waals surface area contributed by atoms with Crippen LogP contribution in [-0.4, -0.2) is 28.7 Å². The average molecular weight is 357 g/mol. The molecule has 0 aliphatic heterocycles. The summed E-state index contributed by atoms with van der Waals surface area (Å²) in [6, 6.07) is 5.54. The van der Waals surface area contributed by atoms with E-state index >= 15 is 0 Å². The minimum atomic E-state index is -5.76. The number of aryl methyl sites for hydroxylation is 1. The van der Waals surface area contributed by atoms with Crippen LogP contribution in [-0.2, 0) is 17.2 Å². The lowest BCUT2D eigenvalue weighted by Crippen LogP contribution is -2.28. The van der Waals surface area contributed by atoms with E-state index < -0.39 is 21.4 Å². The Hall–Kier alpha value is -2.62. The molecule has 0 atom stereocenters. The van der Waals surface area contributed by atoms with Gasteiger partial charge in [-0.05, 0) is 18.2 Å². The van der Waals surface area contributed by atoms with E-state index in [1.165, 1.54) is 24.4 Å². The molecule has 0 fully saturated rings. The van der Waals surface area contributed by atoms with E-state index in [-0.39, 0.29) is 5.39 Å². The van der Waals surface area contributed by atoms with Crippen molar-refractivity contribution in [2.45, 2.75) is 5.51 Å². The predicted octanol–water partition coefficient (Wildman–Crippen LogP) is 2.86. The van der Waals surface area contributed by atoms with E-state index in [1.807, 2.05) is 0 Å². The zero-order valence-corrected chi connectivity index (χ0v) is 13.0. The number of halogens is 3. The maximum absolute atomic E-state index is 12.5. The minimum absolute atomic E-state index is 0.145. The Morgan fingerprint density at radius 1 is 1.17 bits per heavy atom. The van der Waals surface area contributed by atoms with E-state index in [4.69, 9.17) is 0 Å². The molecule has 1 aromatic carbocycles. The first-order chi connectivity index (χ1) is 11.2. The number of fused-ring (bicyclic) bond motifs is 1. The van der Waals surface area contributed by atoms with Crippen LogP contribution >= 0.6 is 0 Å². The third-order valence-electron chi connectivity index (χ3n) is 3.21. The summed E-state index contributed by atoms with van der Waals surface area (Å²) in [5.74, 6) is -0.442. The number of alkyl halides is 3. The van der Waals surface area contributed by atoms with Crippen LogP contribution in [0.3, 0.4) is 0 Å². The van der Waals surface area contributed by atoms with Crippen LogP contribution in [0.1, 0.15) is 0 Å². The van der Waals surface area contributed by atoms with Gasteiger partial charge in [0.05, 0.1) is 11.7 Å². The highest BCUT2D eigenvalue weighted by atomic mass is 32.2. The fraction of sp³-hybridized carbons (Fsp3) is 0.143. The van der Waals surface area contributed by atoms with Crippen molar-refractivity contribution in [2.75, 3.05) is 0 Å². The number of pyridine rings is 1. The molecule has 2 heterocycles. The standard InChI is InChI=1S/C14H10F3N3O3S/c1-20-8-10(7-19-20)9-5-11-12(18-6-9)3-2-4-13(11)23-24(21,22)14(15,16)17/h2-8H,1H3. The molecule has 0 saturated carbocycles. The summed E-state index contributed by atoms with van der Waals surface area (Å²) in [5, 5.41) is 4.15. The van der Waals surface area contributed by atoms with Gasteiger partial charge in [0.25, 0.3) is 0 Å². The van der Waals surface area contributed by atoms with E-state index in [0.29, 0.717) is 16.6 Å². The first kappa shape index (κ1) is 16.2. The number of benzene rings is 1. The van der Waals surface area contributed by atoms with Gasteiger partial charge in [-0.2, -0.15) is 26.7 Å². The van der Waals surface area contributed by atoms with Crippen molar-refractivity contribution in [1.82, 2.24) is 14.8 Å². The van der Waals surface area contributed by atoms with Crippen molar-refractivity contribution in [3.63, 3.8) is 0 Å². The maximum Gasteiger partial charge on any atom is 0.534 e. The van der Waals surface area contributed by atoms with Crippen LogP contribution in [0.25, 0.3) is 22.0 Å². The van der Waals surface area contributed by atoms with Gasteiger partial charge in [-0.1, -0.05) is 6.07 Å². The Balaban J connectivity index is 2.12. The molecule has 0 amide bonds. The number of hydrogen-bond donors (Lipinski definition) is 0. The van der Waals surface area contributed by atoms with Crippen molar-refractivity contribution < 1.29 is 25.8 Å². The molecule has 126 valence electrons. The zero-order chi connectivity index (χ0) is 17.5. The molecule has 0 saturated heterocycles. The topological polar surface area (TPSA) is 74.1 Å². The van der Waals surface area contributed by atoms with Crippen molar-refractivity contribution in [3.05, 3.63) is 42.9 Å². The van der Waals surface area contributed by atoms with E-state index in [1.54, 1.807) is 24.1 Å². The minimum Gasteiger partial charge on any atom is -0.375 e. The molecule has 10 heteroatoms. The average Bonchev–Trinajstić information content (AvgIpc) is 2.92. The molecule has 0 aliphatic carbocycles. The van der Waals surface area contributed by atoms with E-state index in [9.17, 15) is 21.6 Å². The number of rotatable bonds is 3. The van der Waals surface area contributed by atoms with Crippen LogP contribution in [0, 0.1) is 0 Å². The Labute approximate surface area is 134 Å².